The van der Waals surface area contributed by atoms with Gasteiger partial charge in [-0.15, -0.1) is 0 Å². The highest BCUT2D eigenvalue weighted by Gasteiger charge is 2.14. The summed E-state index contributed by atoms with van der Waals surface area (Å²) in [6, 6.07) is 5.72. The van der Waals surface area contributed by atoms with Crippen molar-refractivity contribution < 1.29 is 9.59 Å². The lowest BCUT2D eigenvalue weighted by atomic mass is 10.3. The zero-order chi connectivity index (χ0) is 13.5. The largest absolute Gasteiger partial charge is 0.399 e. The fourth-order valence-electron chi connectivity index (χ4n) is 1.32. The molecule has 0 aliphatic carbocycles. The average molecular weight is 250 g/mol. The molecule has 0 heterocycles. The summed E-state index contributed by atoms with van der Waals surface area (Å²) < 4.78 is 0. The van der Waals surface area contributed by atoms with Gasteiger partial charge in [-0.05, 0) is 38.1 Å². The molecule has 1 aromatic rings. The molecule has 98 valence electrons. The number of nitrogens with one attached hydrogen (secondary N) is 3. The Labute approximate surface area is 106 Å². The second-order valence-electron chi connectivity index (χ2n) is 3.84. The number of nitrogens with two attached hydrogens (primary N) is 1. The quantitative estimate of drug-likeness (QED) is 0.598. The van der Waals surface area contributed by atoms with Gasteiger partial charge in [0.1, 0.15) is 6.04 Å². The normalized spacial score (nSPS) is 11.4. The molecule has 1 atom stereocenters. The van der Waals surface area contributed by atoms with Crippen molar-refractivity contribution in [2.24, 2.45) is 0 Å². The maximum atomic E-state index is 11.6. The third-order valence-corrected chi connectivity index (χ3v) is 2.26. The van der Waals surface area contributed by atoms with E-state index in [0.717, 1.165) is 0 Å². The molecule has 0 saturated carbocycles. The molecule has 6 nitrogen and oxygen atoms in total. The topological polar surface area (TPSA) is 96.2 Å². The van der Waals surface area contributed by atoms with Gasteiger partial charge >= 0.3 is 6.03 Å². The molecule has 0 spiro atoms. The van der Waals surface area contributed by atoms with E-state index in [1.807, 2.05) is 6.92 Å². The van der Waals surface area contributed by atoms with Crippen LogP contribution >= 0.6 is 0 Å². The lowest BCUT2D eigenvalue weighted by Gasteiger charge is -2.14. The van der Waals surface area contributed by atoms with E-state index in [1.54, 1.807) is 31.2 Å². The van der Waals surface area contributed by atoms with Crippen LogP contribution in [0.2, 0.25) is 0 Å². The van der Waals surface area contributed by atoms with Crippen LogP contribution in [-0.2, 0) is 4.79 Å². The highest BCUT2D eigenvalue weighted by molar-refractivity contribution is 5.93. The van der Waals surface area contributed by atoms with Crippen LogP contribution in [0.1, 0.15) is 13.8 Å². The van der Waals surface area contributed by atoms with Crippen molar-refractivity contribution in [3.8, 4) is 0 Å². The van der Waals surface area contributed by atoms with E-state index >= 15 is 0 Å². The van der Waals surface area contributed by atoms with Gasteiger partial charge in [0.2, 0.25) is 5.91 Å². The van der Waals surface area contributed by atoms with Gasteiger partial charge in [0.25, 0.3) is 0 Å². The molecule has 0 aliphatic rings. The van der Waals surface area contributed by atoms with E-state index in [0.29, 0.717) is 17.9 Å². The second kappa shape index (κ2) is 6.48. The van der Waals surface area contributed by atoms with Crippen molar-refractivity contribution in [1.29, 1.82) is 0 Å². The molecule has 0 aromatic heterocycles. The van der Waals surface area contributed by atoms with Gasteiger partial charge in [-0.25, -0.2) is 4.79 Å². The SMILES string of the molecule is CCNC(=O)C(C)NC(=O)Nc1ccc(N)cc1. The number of likely N-dealkylation sites (N-methyl/N-ethyl adjacent to an activating group) is 1. The molecule has 3 amide bonds. The number of hydrogen-bond donors (Lipinski definition) is 4. The number of urea groups is 1. The van der Waals surface area contributed by atoms with Crippen LogP contribution < -0.4 is 21.7 Å². The lowest BCUT2D eigenvalue weighted by molar-refractivity contribution is -0.122. The monoisotopic (exact) mass is 250 g/mol. The van der Waals surface area contributed by atoms with Crippen molar-refractivity contribution in [3.63, 3.8) is 0 Å². The van der Waals surface area contributed by atoms with Crippen LogP contribution in [0.15, 0.2) is 24.3 Å². The number of carbonyl (C=O) groups excluding carboxylic acids is 2. The highest BCUT2D eigenvalue weighted by Crippen LogP contribution is 2.09. The Kier molecular flexibility index (Phi) is 4.98. The second-order valence-corrected chi connectivity index (χ2v) is 3.84. The van der Waals surface area contributed by atoms with Crippen LogP contribution in [0.5, 0.6) is 0 Å². The third kappa shape index (κ3) is 4.32. The van der Waals surface area contributed by atoms with E-state index < -0.39 is 12.1 Å². The number of rotatable bonds is 4. The standard InChI is InChI=1S/C12H18N4O2/c1-3-14-11(17)8(2)15-12(18)16-10-6-4-9(13)5-7-10/h4-8H,3,13H2,1-2H3,(H,14,17)(H2,15,16,18). The molecule has 0 radical (unpaired) electrons. The Balaban J connectivity index is 2.46. The highest BCUT2D eigenvalue weighted by atomic mass is 16.2. The first-order valence-corrected chi connectivity index (χ1v) is 5.73. The summed E-state index contributed by atoms with van der Waals surface area (Å²) in [5.41, 5.74) is 6.77. The van der Waals surface area contributed by atoms with E-state index in [1.165, 1.54) is 0 Å². The number of hydrogen-bond acceptors (Lipinski definition) is 3. The number of amides is 3. The van der Waals surface area contributed by atoms with Gasteiger partial charge in [0, 0.05) is 17.9 Å². The van der Waals surface area contributed by atoms with E-state index in [-0.39, 0.29) is 5.91 Å². The summed E-state index contributed by atoms with van der Waals surface area (Å²) in [5.74, 6) is -0.218. The molecule has 5 N–H and O–H groups in total. The van der Waals surface area contributed by atoms with Crippen molar-refractivity contribution in [2.75, 3.05) is 17.6 Å². The lowest BCUT2D eigenvalue weighted by Crippen LogP contribution is -2.46. The molecule has 18 heavy (non-hydrogen) atoms. The average Bonchev–Trinajstić information content (AvgIpc) is 2.32. The molecular formula is C12H18N4O2. The minimum Gasteiger partial charge on any atom is -0.399 e. The Bertz CT molecular complexity index is 417. The van der Waals surface area contributed by atoms with Gasteiger partial charge in [-0.1, -0.05) is 0 Å². The van der Waals surface area contributed by atoms with Gasteiger partial charge in [0.15, 0.2) is 0 Å². The predicted octanol–water partition coefficient (Wildman–Crippen LogP) is 0.915. The molecule has 1 rings (SSSR count). The van der Waals surface area contributed by atoms with Crippen molar-refractivity contribution in [1.82, 2.24) is 10.6 Å². The van der Waals surface area contributed by atoms with Crippen LogP contribution in [0, 0.1) is 0 Å². The van der Waals surface area contributed by atoms with Crippen LogP contribution in [-0.4, -0.2) is 24.5 Å². The summed E-state index contributed by atoms with van der Waals surface area (Å²) in [5, 5.41) is 7.77. The first kappa shape index (κ1) is 13.8. The third-order valence-electron chi connectivity index (χ3n) is 2.26. The maximum Gasteiger partial charge on any atom is 0.319 e. The Morgan fingerprint density at radius 3 is 2.44 bits per heavy atom. The Morgan fingerprint density at radius 1 is 1.28 bits per heavy atom. The number of carbonyl (C=O) groups is 2. The minimum absolute atomic E-state index is 0.218. The first-order chi connectivity index (χ1) is 8.52. The predicted molar refractivity (Wildman–Crippen MR) is 71.2 cm³/mol. The minimum atomic E-state index is -0.585. The van der Waals surface area contributed by atoms with E-state index in [2.05, 4.69) is 16.0 Å². The Hall–Kier alpha value is -2.24. The molecule has 6 heteroatoms. The molecule has 0 bridgehead atoms. The van der Waals surface area contributed by atoms with Crippen LogP contribution in [0.3, 0.4) is 0 Å². The summed E-state index contributed by atoms with van der Waals surface area (Å²) >= 11 is 0. The van der Waals surface area contributed by atoms with Gasteiger partial charge in [-0.3, -0.25) is 4.79 Å². The fraction of sp³-hybridized carbons (Fsp3) is 0.333. The van der Waals surface area contributed by atoms with E-state index in [4.69, 9.17) is 5.73 Å². The summed E-state index contributed by atoms with van der Waals surface area (Å²) in [6.45, 7) is 3.97. The maximum absolute atomic E-state index is 11.6. The van der Waals surface area contributed by atoms with E-state index in [9.17, 15) is 9.59 Å². The Morgan fingerprint density at radius 2 is 1.89 bits per heavy atom. The van der Waals surface area contributed by atoms with Gasteiger partial charge in [0.05, 0.1) is 0 Å². The van der Waals surface area contributed by atoms with Crippen LogP contribution in [0.4, 0.5) is 16.2 Å². The van der Waals surface area contributed by atoms with Crippen molar-refractivity contribution >= 4 is 23.3 Å². The van der Waals surface area contributed by atoms with Crippen molar-refractivity contribution in [3.05, 3.63) is 24.3 Å². The molecular weight excluding hydrogens is 232 g/mol. The number of benzene rings is 1. The molecule has 1 aromatic carbocycles. The van der Waals surface area contributed by atoms with Gasteiger partial charge < -0.3 is 21.7 Å². The molecule has 0 aliphatic heterocycles. The zero-order valence-electron chi connectivity index (χ0n) is 10.5. The van der Waals surface area contributed by atoms with Crippen LogP contribution in [0.25, 0.3) is 0 Å². The van der Waals surface area contributed by atoms with Gasteiger partial charge in [-0.2, -0.15) is 0 Å². The smallest absolute Gasteiger partial charge is 0.319 e. The first-order valence-electron chi connectivity index (χ1n) is 5.73. The molecule has 0 saturated heterocycles. The number of nitrogen functional groups attached to an aromatic ring is 1. The summed E-state index contributed by atoms with van der Waals surface area (Å²) in [6.07, 6.45) is 0. The number of anilines is 2. The summed E-state index contributed by atoms with van der Waals surface area (Å²) in [4.78, 5) is 23.0. The molecule has 0 fully saturated rings. The van der Waals surface area contributed by atoms with Crippen molar-refractivity contribution in [2.45, 2.75) is 19.9 Å². The summed E-state index contributed by atoms with van der Waals surface area (Å²) in [7, 11) is 0. The molecule has 1 unspecified atom stereocenters. The fourth-order valence-corrected chi connectivity index (χ4v) is 1.32. The zero-order valence-corrected chi connectivity index (χ0v) is 10.5.